The van der Waals surface area contributed by atoms with Gasteiger partial charge in [0.25, 0.3) is 0 Å². The molecule has 0 saturated heterocycles. The molecule has 0 aliphatic carbocycles. The number of ketones is 1. The van der Waals surface area contributed by atoms with E-state index in [0.29, 0.717) is 18.3 Å². The second kappa shape index (κ2) is 9.78. The summed E-state index contributed by atoms with van der Waals surface area (Å²) in [6, 6.07) is 21.8. The van der Waals surface area contributed by atoms with Crippen molar-refractivity contribution < 1.29 is 18.3 Å². The van der Waals surface area contributed by atoms with Crippen LogP contribution in [0.25, 0.3) is 11.1 Å². The Labute approximate surface area is 169 Å². The molecule has 3 aromatic carbocycles. The van der Waals surface area contributed by atoms with Crippen LogP contribution in [0.5, 0.6) is 5.75 Å². The summed E-state index contributed by atoms with van der Waals surface area (Å²) >= 11 is 0. The predicted octanol–water partition coefficient (Wildman–Crippen LogP) is 6.56. The van der Waals surface area contributed by atoms with E-state index in [2.05, 4.69) is 0 Å². The van der Waals surface area contributed by atoms with Gasteiger partial charge in [-0.05, 0) is 46.9 Å². The van der Waals surface area contributed by atoms with Gasteiger partial charge in [-0.1, -0.05) is 61.5 Å². The number of carbonyl (C=O) groups is 1. The Morgan fingerprint density at radius 1 is 0.966 bits per heavy atom. The first-order chi connectivity index (χ1) is 14.1. The van der Waals surface area contributed by atoms with Gasteiger partial charge in [0.15, 0.2) is 17.3 Å². The third kappa shape index (κ3) is 5.38. The lowest BCUT2D eigenvalue weighted by Gasteiger charge is -2.09. The molecule has 3 aromatic rings. The summed E-state index contributed by atoms with van der Waals surface area (Å²) in [7, 11) is 0. The van der Waals surface area contributed by atoms with Crippen LogP contribution < -0.4 is 4.74 Å². The normalized spacial score (nSPS) is 11.3. The minimum atomic E-state index is -0.635. The standard InChI is InChI=1S/C25H22F2O2/c1-2-18(16-26)17-29-25-13-12-22(15-23(25)27)24(28)14-19-8-10-21(11-9-19)20-6-4-3-5-7-20/h3-13,15-16H,2,14,17H2,1H3. The summed E-state index contributed by atoms with van der Waals surface area (Å²) in [5.41, 5.74) is 3.75. The zero-order valence-corrected chi connectivity index (χ0v) is 16.2. The maximum absolute atomic E-state index is 14.3. The van der Waals surface area contributed by atoms with Gasteiger partial charge in [0, 0.05) is 12.0 Å². The zero-order chi connectivity index (χ0) is 20.6. The first kappa shape index (κ1) is 20.5. The van der Waals surface area contributed by atoms with E-state index in [1.54, 1.807) is 6.92 Å². The lowest BCUT2D eigenvalue weighted by molar-refractivity contribution is 0.0992. The smallest absolute Gasteiger partial charge is 0.167 e. The Bertz CT molecular complexity index is 993. The highest BCUT2D eigenvalue weighted by molar-refractivity contribution is 5.97. The molecule has 0 aliphatic heterocycles. The SMILES string of the molecule is CCC(=CF)COc1ccc(C(=O)Cc2ccc(-c3ccccc3)cc2)cc1F. The van der Waals surface area contributed by atoms with Crippen molar-refractivity contribution in [3.8, 4) is 16.9 Å². The molecule has 0 aromatic heterocycles. The molecule has 0 spiro atoms. The second-order valence-electron chi connectivity index (χ2n) is 6.72. The third-order valence-electron chi connectivity index (χ3n) is 4.70. The molecule has 0 radical (unpaired) electrons. The number of hydrogen-bond donors (Lipinski definition) is 0. The summed E-state index contributed by atoms with van der Waals surface area (Å²) in [6.45, 7) is 1.77. The molecule has 3 rings (SSSR count). The van der Waals surface area contributed by atoms with Gasteiger partial charge in [-0.2, -0.15) is 0 Å². The van der Waals surface area contributed by atoms with Gasteiger partial charge in [0.05, 0.1) is 6.33 Å². The average molecular weight is 392 g/mol. The predicted molar refractivity (Wildman–Crippen MR) is 111 cm³/mol. The highest BCUT2D eigenvalue weighted by atomic mass is 19.1. The number of rotatable bonds is 8. The molecule has 0 saturated carbocycles. The van der Waals surface area contributed by atoms with Crippen LogP contribution in [-0.2, 0) is 6.42 Å². The summed E-state index contributed by atoms with van der Waals surface area (Å²) in [5.74, 6) is -0.813. The molecule has 0 aliphatic rings. The molecular weight excluding hydrogens is 370 g/mol. The molecule has 0 heterocycles. The van der Waals surface area contributed by atoms with Crippen molar-refractivity contribution in [2.75, 3.05) is 6.61 Å². The van der Waals surface area contributed by atoms with Gasteiger partial charge in [0.1, 0.15) is 6.61 Å². The van der Waals surface area contributed by atoms with Crippen LogP contribution in [0.4, 0.5) is 8.78 Å². The Balaban J connectivity index is 1.65. The molecule has 0 amide bonds. The Kier molecular flexibility index (Phi) is 6.90. The number of Topliss-reactive ketones (excluding diaryl/α,β-unsaturated/α-hetero) is 1. The zero-order valence-electron chi connectivity index (χ0n) is 16.2. The summed E-state index contributed by atoms with van der Waals surface area (Å²) in [6.07, 6.45) is 1.13. The fourth-order valence-corrected chi connectivity index (χ4v) is 2.91. The minimum Gasteiger partial charge on any atom is -0.486 e. The molecule has 0 unspecified atom stereocenters. The maximum Gasteiger partial charge on any atom is 0.167 e. The van der Waals surface area contributed by atoms with Crippen LogP contribution in [0.15, 0.2) is 84.7 Å². The fraction of sp³-hybridized carbons (Fsp3) is 0.160. The molecule has 0 fully saturated rings. The van der Waals surface area contributed by atoms with E-state index in [1.165, 1.54) is 18.2 Å². The maximum atomic E-state index is 14.3. The van der Waals surface area contributed by atoms with Crippen molar-refractivity contribution in [2.45, 2.75) is 19.8 Å². The highest BCUT2D eigenvalue weighted by Crippen LogP contribution is 2.22. The molecule has 4 heteroatoms. The fourth-order valence-electron chi connectivity index (χ4n) is 2.91. The minimum absolute atomic E-state index is 0.00145. The number of hydrogen-bond acceptors (Lipinski definition) is 2. The molecule has 0 bridgehead atoms. The monoisotopic (exact) mass is 392 g/mol. The van der Waals surface area contributed by atoms with Gasteiger partial charge in [0.2, 0.25) is 0 Å². The van der Waals surface area contributed by atoms with Crippen molar-refractivity contribution in [2.24, 2.45) is 0 Å². The van der Waals surface area contributed by atoms with Gasteiger partial charge in [-0.25, -0.2) is 8.78 Å². The van der Waals surface area contributed by atoms with E-state index in [0.717, 1.165) is 16.7 Å². The van der Waals surface area contributed by atoms with E-state index in [4.69, 9.17) is 4.74 Å². The first-order valence-electron chi connectivity index (χ1n) is 9.48. The van der Waals surface area contributed by atoms with Crippen LogP contribution in [0.1, 0.15) is 29.3 Å². The number of benzene rings is 3. The number of carbonyl (C=O) groups excluding carboxylic acids is 1. The summed E-state index contributed by atoms with van der Waals surface area (Å²) in [5, 5.41) is 0. The van der Waals surface area contributed by atoms with E-state index in [-0.39, 0.29) is 30.1 Å². The Morgan fingerprint density at radius 2 is 1.66 bits per heavy atom. The molecule has 148 valence electrons. The van der Waals surface area contributed by atoms with Crippen molar-refractivity contribution in [1.29, 1.82) is 0 Å². The number of halogens is 2. The lowest BCUT2D eigenvalue weighted by Crippen LogP contribution is -2.06. The average Bonchev–Trinajstić information content (AvgIpc) is 2.76. The van der Waals surface area contributed by atoms with E-state index >= 15 is 0 Å². The Hall–Kier alpha value is -3.27. The van der Waals surface area contributed by atoms with E-state index in [1.807, 2.05) is 54.6 Å². The van der Waals surface area contributed by atoms with Gasteiger partial charge in [-0.15, -0.1) is 0 Å². The van der Waals surface area contributed by atoms with Crippen LogP contribution >= 0.6 is 0 Å². The molecule has 0 atom stereocenters. The summed E-state index contributed by atoms with van der Waals surface area (Å²) in [4.78, 5) is 12.5. The third-order valence-corrected chi connectivity index (χ3v) is 4.70. The van der Waals surface area contributed by atoms with Crippen molar-refractivity contribution in [1.82, 2.24) is 0 Å². The molecule has 0 N–H and O–H groups in total. The topological polar surface area (TPSA) is 26.3 Å². The van der Waals surface area contributed by atoms with Crippen LogP contribution in [0.3, 0.4) is 0 Å². The highest BCUT2D eigenvalue weighted by Gasteiger charge is 2.12. The van der Waals surface area contributed by atoms with Crippen LogP contribution in [0.2, 0.25) is 0 Å². The quantitative estimate of drug-likeness (QED) is 0.406. The molecule has 2 nitrogen and oxygen atoms in total. The molecule has 29 heavy (non-hydrogen) atoms. The van der Waals surface area contributed by atoms with Crippen LogP contribution in [0, 0.1) is 5.82 Å². The number of ether oxygens (including phenoxy) is 1. The van der Waals surface area contributed by atoms with Gasteiger partial charge in [-0.3, -0.25) is 4.79 Å². The van der Waals surface area contributed by atoms with Gasteiger partial charge >= 0.3 is 0 Å². The van der Waals surface area contributed by atoms with Crippen LogP contribution in [-0.4, -0.2) is 12.4 Å². The lowest BCUT2D eigenvalue weighted by atomic mass is 9.99. The van der Waals surface area contributed by atoms with Crippen molar-refractivity contribution in [3.05, 3.63) is 102 Å². The van der Waals surface area contributed by atoms with E-state index in [9.17, 15) is 13.6 Å². The van der Waals surface area contributed by atoms with Crippen molar-refractivity contribution in [3.63, 3.8) is 0 Å². The first-order valence-corrected chi connectivity index (χ1v) is 9.48. The van der Waals surface area contributed by atoms with E-state index < -0.39 is 5.82 Å². The summed E-state index contributed by atoms with van der Waals surface area (Å²) < 4.78 is 32.1. The van der Waals surface area contributed by atoms with Crippen molar-refractivity contribution >= 4 is 5.78 Å². The molecular formula is C25H22F2O2. The second-order valence-corrected chi connectivity index (χ2v) is 6.72. The Morgan fingerprint density at radius 3 is 2.28 bits per heavy atom. The van der Waals surface area contributed by atoms with Gasteiger partial charge < -0.3 is 4.74 Å². The largest absolute Gasteiger partial charge is 0.486 e.